The number of aromatic nitrogens is 3. The van der Waals surface area contributed by atoms with Crippen LogP contribution in [0.15, 0.2) is 18.2 Å². The number of nitrogens with one attached hydrogen (secondary N) is 1. The molecule has 1 aliphatic rings. The van der Waals surface area contributed by atoms with E-state index in [1.807, 2.05) is 0 Å². The maximum absolute atomic E-state index is 12.2. The van der Waals surface area contributed by atoms with E-state index in [2.05, 4.69) is 20.1 Å². The van der Waals surface area contributed by atoms with Crippen LogP contribution in [0, 0.1) is 0 Å². The SMILES string of the molecule is COc1ccc(C(=O)NCCc2nnc3n2CCCCC3)c(O)c1. The predicted octanol–water partition coefficient (Wildman–Crippen LogP) is 1.69. The molecule has 0 spiro atoms. The van der Waals surface area contributed by atoms with E-state index in [-0.39, 0.29) is 17.2 Å². The number of rotatable bonds is 5. The Kier molecular flexibility index (Phi) is 4.98. The van der Waals surface area contributed by atoms with Gasteiger partial charge < -0.3 is 19.7 Å². The number of phenols is 1. The van der Waals surface area contributed by atoms with Gasteiger partial charge in [0.2, 0.25) is 0 Å². The van der Waals surface area contributed by atoms with Crippen molar-refractivity contribution in [1.29, 1.82) is 0 Å². The van der Waals surface area contributed by atoms with Gasteiger partial charge in [-0.05, 0) is 25.0 Å². The largest absolute Gasteiger partial charge is 0.507 e. The van der Waals surface area contributed by atoms with E-state index in [1.54, 1.807) is 12.1 Å². The Bertz CT molecular complexity index is 727. The molecule has 2 N–H and O–H groups in total. The first-order chi connectivity index (χ1) is 11.7. The lowest BCUT2D eigenvalue weighted by molar-refractivity contribution is 0.0951. The Morgan fingerprint density at radius 2 is 2.21 bits per heavy atom. The fourth-order valence-electron chi connectivity index (χ4n) is 2.94. The van der Waals surface area contributed by atoms with Gasteiger partial charge in [0.15, 0.2) is 0 Å². The molecule has 0 saturated carbocycles. The molecule has 1 aromatic heterocycles. The maximum Gasteiger partial charge on any atom is 0.255 e. The van der Waals surface area contributed by atoms with E-state index in [0.717, 1.165) is 37.5 Å². The number of carbonyl (C=O) groups excluding carboxylic acids is 1. The highest BCUT2D eigenvalue weighted by Gasteiger charge is 2.15. The fraction of sp³-hybridized carbons (Fsp3) is 0.471. The van der Waals surface area contributed by atoms with Crippen molar-refractivity contribution in [2.24, 2.45) is 0 Å². The molecular weight excluding hydrogens is 308 g/mol. The third-order valence-corrected chi connectivity index (χ3v) is 4.27. The molecule has 1 aliphatic heterocycles. The molecule has 0 fully saturated rings. The predicted molar refractivity (Wildman–Crippen MR) is 88.3 cm³/mol. The zero-order chi connectivity index (χ0) is 16.9. The molecule has 0 bridgehead atoms. The van der Waals surface area contributed by atoms with Crippen molar-refractivity contribution in [2.45, 2.75) is 38.6 Å². The average molecular weight is 330 g/mol. The number of hydrogen-bond acceptors (Lipinski definition) is 5. The van der Waals surface area contributed by atoms with Gasteiger partial charge in [-0.2, -0.15) is 0 Å². The van der Waals surface area contributed by atoms with Crippen molar-refractivity contribution in [1.82, 2.24) is 20.1 Å². The van der Waals surface area contributed by atoms with Crippen LogP contribution in [0.1, 0.15) is 41.3 Å². The van der Waals surface area contributed by atoms with Crippen LogP contribution in [0.25, 0.3) is 0 Å². The molecule has 0 atom stereocenters. The van der Waals surface area contributed by atoms with Crippen LogP contribution in [0.5, 0.6) is 11.5 Å². The fourth-order valence-corrected chi connectivity index (χ4v) is 2.94. The van der Waals surface area contributed by atoms with Crippen LogP contribution in [-0.4, -0.2) is 39.4 Å². The number of benzene rings is 1. The second-order valence-corrected chi connectivity index (χ2v) is 5.88. The van der Waals surface area contributed by atoms with Gasteiger partial charge in [0.1, 0.15) is 23.1 Å². The van der Waals surface area contributed by atoms with Crippen molar-refractivity contribution < 1.29 is 14.6 Å². The second-order valence-electron chi connectivity index (χ2n) is 5.88. The summed E-state index contributed by atoms with van der Waals surface area (Å²) in [5.41, 5.74) is 0.232. The first-order valence-corrected chi connectivity index (χ1v) is 8.25. The highest BCUT2D eigenvalue weighted by atomic mass is 16.5. The Morgan fingerprint density at radius 3 is 3.00 bits per heavy atom. The number of phenolic OH excluding ortho intramolecular Hbond substituents is 1. The lowest BCUT2D eigenvalue weighted by Gasteiger charge is -2.09. The lowest BCUT2D eigenvalue weighted by atomic mass is 10.1. The molecule has 0 saturated heterocycles. The molecule has 7 heteroatoms. The monoisotopic (exact) mass is 330 g/mol. The van der Waals surface area contributed by atoms with Crippen molar-refractivity contribution in [3.8, 4) is 11.5 Å². The summed E-state index contributed by atoms with van der Waals surface area (Å²) in [5, 5.41) is 21.2. The molecule has 2 heterocycles. The Hall–Kier alpha value is -2.57. The highest BCUT2D eigenvalue weighted by Crippen LogP contribution is 2.23. The van der Waals surface area contributed by atoms with Gasteiger partial charge in [0, 0.05) is 32.0 Å². The standard InChI is InChI=1S/C17H22N4O3/c1-24-12-6-7-13(14(22)11-12)17(23)18-9-8-16-20-19-15-5-3-2-4-10-21(15)16/h6-7,11,22H,2-5,8-10H2,1H3,(H,18,23). The Balaban J connectivity index is 1.59. The normalized spacial score (nSPS) is 13.9. The van der Waals surface area contributed by atoms with Gasteiger partial charge in [-0.1, -0.05) is 6.42 Å². The number of methoxy groups -OCH3 is 1. The van der Waals surface area contributed by atoms with E-state index < -0.39 is 0 Å². The Morgan fingerprint density at radius 1 is 1.33 bits per heavy atom. The number of nitrogens with zero attached hydrogens (tertiary/aromatic N) is 3. The Labute approximate surface area is 140 Å². The van der Waals surface area contributed by atoms with Crippen molar-refractivity contribution >= 4 is 5.91 Å². The number of carbonyl (C=O) groups is 1. The first kappa shape index (κ1) is 16.3. The van der Waals surface area contributed by atoms with Crippen molar-refractivity contribution in [2.75, 3.05) is 13.7 Å². The van der Waals surface area contributed by atoms with E-state index in [4.69, 9.17) is 4.74 Å². The van der Waals surface area contributed by atoms with Crippen molar-refractivity contribution in [3.05, 3.63) is 35.4 Å². The van der Waals surface area contributed by atoms with E-state index >= 15 is 0 Å². The molecule has 24 heavy (non-hydrogen) atoms. The summed E-state index contributed by atoms with van der Waals surface area (Å²) in [5.74, 6) is 2.05. The van der Waals surface area contributed by atoms with Gasteiger partial charge >= 0.3 is 0 Å². The molecule has 128 valence electrons. The highest BCUT2D eigenvalue weighted by molar-refractivity contribution is 5.96. The summed E-state index contributed by atoms with van der Waals surface area (Å²) in [6, 6.07) is 4.62. The van der Waals surface area contributed by atoms with Crippen LogP contribution < -0.4 is 10.1 Å². The topological polar surface area (TPSA) is 89.3 Å². The molecule has 0 radical (unpaired) electrons. The van der Waals surface area contributed by atoms with Crippen LogP contribution in [0.3, 0.4) is 0 Å². The van der Waals surface area contributed by atoms with E-state index in [9.17, 15) is 9.90 Å². The zero-order valence-corrected chi connectivity index (χ0v) is 13.8. The first-order valence-electron chi connectivity index (χ1n) is 8.25. The van der Waals surface area contributed by atoms with Crippen LogP contribution >= 0.6 is 0 Å². The minimum Gasteiger partial charge on any atom is -0.507 e. The van der Waals surface area contributed by atoms with Crippen LogP contribution in [0.2, 0.25) is 0 Å². The number of fused-ring (bicyclic) bond motifs is 1. The van der Waals surface area contributed by atoms with Gasteiger partial charge in [-0.3, -0.25) is 4.79 Å². The summed E-state index contributed by atoms with van der Waals surface area (Å²) in [4.78, 5) is 12.2. The van der Waals surface area contributed by atoms with Crippen LogP contribution in [-0.2, 0) is 19.4 Å². The van der Waals surface area contributed by atoms with Gasteiger partial charge in [0.05, 0.1) is 12.7 Å². The summed E-state index contributed by atoms with van der Waals surface area (Å²) in [6.45, 7) is 1.40. The molecule has 3 rings (SSSR count). The minimum atomic E-state index is -0.314. The summed E-state index contributed by atoms with van der Waals surface area (Å²) < 4.78 is 7.18. The number of aromatic hydroxyl groups is 1. The summed E-state index contributed by atoms with van der Waals surface area (Å²) in [7, 11) is 1.51. The molecule has 1 amide bonds. The smallest absolute Gasteiger partial charge is 0.255 e. The number of aryl methyl sites for hydroxylation is 1. The molecule has 1 aromatic carbocycles. The summed E-state index contributed by atoms with van der Waals surface area (Å²) >= 11 is 0. The van der Waals surface area contributed by atoms with Gasteiger partial charge in [-0.25, -0.2) is 0 Å². The van der Waals surface area contributed by atoms with Crippen molar-refractivity contribution in [3.63, 3.8) is 0 Å². The molecule has 0 unspecified atom stereocenters. The number of ether oxygens (including phenoxy) is 1. The average Bonchev–Trinajstić information content (AvgIpc) is 2.81. The third-order valence-electron chi connectivity index (χ3n) is 4.27. The minimum absolute atomic E-state index is 0.0943. The maximum atomic E-state index is 12.2. The molecule has 2 aromatic rings. The van der Waals surface area contributed by atoms with Crippen LogP contribution in [0.4, 0.5) is 0 Å². The summed E-state index contributed by atoms with van der Waals surface area (Å²) in [6.07, 6.45) is 5.11. The van der Waals surface area contributed by atoms with Gasteiger partial charge in [-0.15, -0.1) is 10.2 Å². The lowest BCUT2D eigenvalue weighted by Crippen LogP contribution is -2.26. The third kappa shape index (κ3) is 3.50. The molecule has 7 nitrogen and oxygen atoms in total. The number of hydrogen-bond donors (Lipinski definition) is 2. The van der Waals surface area contributed by atoms with E-state index in [1.165, 1.54) is 19.6 Å². The second kappa shape index (κ2) is 7.33. The van der Waals surface area contributed by atoms with E-state index in [0.29, 0.717) is 18.7 Å². The molecular formula is C17H22N4O3. The van der Waals surface area contributed by atoms with Gasteiger partial charge in [0.25, 0.3) is 5.91 Å². The number of amides is 1. The quantitative estimate of drug-likeness (QED) is 0.871. The molecule has 0 aliphatic carbocycles. The zero-order valence-electron chi connectivity index (χ0n) is 13.8.